The van der Waals surface area contributed by atoms with Gasteiger partial charge in [0.05, 0.1) is 31.5 Å². The molecule has 2 aliphatic heterocycles. The van der Waals surface area contributed by atoms with Crippen molar-refractivity contribution in [2.24, 2.45) is 50.2 Å². The molecule has 4 saturated carbocycles. The summed E-state index contributed by atoms with van der Waals surface area (Å²) < 4.78 is 23.8. The van der Waals surface area contributed by atoms with Crippen LogP contribution in [0.25, 0.3) is 0 Å². The quantitative estimate of drug-likeness (QED) is 0.126. The molecule has 0 amide bonds. The van der Waals surface area contributed by atoms with Crippen LogP contribution >= 0.6 is 0 Å². The van der Waals surface area contributed by atoms with Gasteiger partial charge in [0.15, 0.2) is 18.7 Å². The van der Waals surface area contributed by atoms with Gasteiger partial charge in [-0.05, 0) is 90.8 Å². The number of fused-ring (bicyclic) bond motifs is 7. The fourth-order valence-corrected chi connectivity index (χ4v) is 13.7. The Labute approximate surface area is 335 Å². The van der Waals surface area contributed by atoms with Crippen molar-refractivity contribution in [2.75, 3.05) is 13.2 Å². The molecule has 0 aromatic rings. The third kappa shape index (κ3) is 6.26. The Morgan fingerprint density at radius 1 is 0.737 bits per heavy atom. The number of aliphatic hydroxyl groups is 9. The third-order valence-corrected chi connectivity index (χ3v) is 17.7. The number of hydrogen-bond acceptors (Lipinski definition) is 14. The molecule has 0 spiro atoms. The third-order valence-electron chi connectivity index (χ3n) is 17.7. The predicted octanol–water partition coefficient (Wildman–Crippen LogP) is 0.824. The lowest BCUT2D eigenvalue weighted by Gasteiger charge is -2.72. The van der Waals surface area contributed by atoms with Crippen LogP contribution in [0.1, 0.15) is 99.8 Å². The number of aliphatic hydroxyl groups excluding tert-OH is 9. The van der Waals surface area contributed by atoms with E-state index in [2.05, 4.69) is 47.6 Å². The minimum atomic E-state index is -1.98. The standard InChI is InChI=1S/C42H68O15/c1-37(2)16-20-19-8-9-23-39(4)12-11-24(40(5,18-44)22(39)10-13-42(23,7)41(19,6)15-14-38(20,3)33(51)32(37)50)55-36-31(28(48)27(47)30(56-36)34(52)53)57-35-29(49)26(46)25(45)21(17-43)54-35/h8,20-33,35-36,43-51H,9-18H2,1-7H3,(H,52,53)/t20-,21+,22+,23+,24-,25-,26-,27-,28-,29+,30-,31+,32+,33+,35-,36+,38+,39-,40+,41+,42+/m0/s1. The number of hydrogen-bond donors (Lipinski definition) is 10. The van der Waals surface area contributed by atoms with E-state index in [4.69, 9.17) is 18.9 Å². The Morgan fingerprint density at radius 2 is 1.42 bits per heavy atom. The molecule has 2 saturated heterocycles. The predicted molar refractivity (Wildman–Crippen MR) is 201 cm³/mol. The first-order chi connectivity index (χ1) is 26.5. The van der Waals surface area contributed by atoms with Crippen molar-refractivity contribution in [3.63, 3.8) is 0 Å². The van der Waals surface area contributed by atoms with Crippen LogP contribution in [0.3, 0.4) is 0 Å². The van der Waals surface area contributed by atoms with Crippen molar-refractivity contribution in [3.8, 4) is 0 Å². The molecular weight excluding hydrogens is 744 g/mol. The summed E-state index contributed by atoms with van der Waals surface area (Å²) >= 11 is 0. The van der Waals surface area contributed by atoms with Crippen molar-refractivity contribution in [2.45, 2.75) is 180 Å². The van der Waals surface area contributed by atoms with Crippen LogP contribution in [0, 0.1) is 50.2 Å². The number of allylic oxidation sites excluding steroid dienone is 2. The molecule has 15 nitrogen and oxygen atoms in total. The summed E-state index contributed by atoms with van der Waals surface area (Å²) in [5, 5.41) is 107. The monoisotopic (exact) mass is 812 g/mol. The van der Waals surface area contributed by atoms with Gasteiger partial charge >= 0.3 is 5.97 Å². The SMILES string of the molecule is CC1(C)C[C@H]2C3=CC[C@@H]4[C@@]5(C)CC[C@H](O[C@@H]6O[C@H](C(=O)O)[C@@H](O)[C@H](O)[C@H]6O[C@@H]6O[C@H](CO)[C@H](O)[C@H](O)[C@H]6O)[C@](C)(CO)[C@@H]5CC[C@@]4(C)[C@]3(C)CC[C@@]2(C)[C@H](O)[C@H]1O. The highest BCUT2D eigenvalue weighted by atomic mass is 16.8. The maximum atomic E-state index is 12.2. The molecule has 10 N–H and O–H groups in total. The zero-order valence-corrected chi connectivity index (χ0v) is 34.4. The molecule has 0 aromatic heterocycles. The maximum Gasteiger partial charge on any atom is 0.335 e. The van der Waals surface area contributed by atoms with Gasteiger partial charge in [-0.15, -0.1) is 0 Å². The Balaban J connectivity index is 1.17. The van der Waals surface area contributed by atoms with E-state index in [1.54, 1.807) is 0 Å². The van der Waals surface area contributed by atoms with Crippen molar-refractivity contribution >= 4 is 5.97 Å². The molecule has 2 heterocycles. The summed E-state index contributed by atoms with van der Waals surface area (Å²) in [5.74, 6) is -1.24. The van der Waals surface area contributed by atoms with Crippen molar-refractivity contribution in [1.82, 2.24) is 0 Å². The van der Waals surface area contributed by atoms with Crippen molar-refractivity contribution in [3.05, 3.63) is 11.6 Å². The van der Waals surface area contributed by atoms with Gasteiger partial charge in [0.25, 0.3) is 0 Å². The van der Waals surface area contributed by atoms with E-state index in [1.807, 2.05) is 6.92 Å². The molecule has 21 atom stereocenters. The van der Waals surface area contributed by atoms with Crippen LogP contribution in [0.5, 0.6) is 0 Å². The van der Waals surface area contributed by atoms with Crippen LogP contribution in [-0.4, -0.2) is 150 Å². The molecule has 57 heavy (non-hydrogen) atoms. The van der Waals surface area contributed by atoms with Crippen LogP contribution in [0.15, 0.2) is 11.6 Å². The lowest BCUT2D eigenvalue weighted by molar-refractivity contribution is -0.375. The molecule has 7 rings (SSSR count). The first-order valence-electron chi connectivity index (χ1n) is 21.0. The van der Waals surface area contributed by atoms with E-state index in [9.17, 15) is 55.9 Å². The lowest BCUT2D eigenvalue weighted by Crippen LogP contribution is -2.68. The average Bonchev–Trinajstić information content (AvgIpc) is 3.15. The summed E-state index contributed by atoms with van der Waals surface area (Å²) in [6.45, 7) is 14.4. The van der Waals surface area contributed by atoms with Gasteiger partial charge in [0, 0.05) is 10.8 Å². The van der Waals surface area contributed by atoms with Crippen molar-refractivity contribution in [1.29, 1.82) is 0 Å². The average molecular weight is 813 g/mol. The summed E-state index contributed by atoms with van der Waals surface area (Å²) in [6.07, 6.45) is -11.3. The van der Waals surface area contributed by atoms with Crippen LogP contribution < -0.4 is 0 Å². The van der Waals surface area contributed by atoms with E-state index >= 15 is 0 Å². The molecule has 0 unspecified atom stereocenters. The summed E-state index contributed by atoms with van der Waals surface area (Å²) in [7, 11) is 0. The van der Waals surface area contributed by atoms with Gasteiger partial charge in [0.2, 0.25) is 0 Å². The highest BCUT2D eigenvalue weighted by molar-refractivity contribution is 5.73. The molecule has 15 heteroatoms. The molecule has 0 radical (unpaired) electrons. The fraction of sp³-hybridized carbons (Fsp3) is 0.929. The number of aliphatic carboxylic acids is 1. The molecule has 0 bridgehead atoms. The molecule has 326 valence electrons. The molecule has 7 aliphatic rings. The largest absolute Gasteiger partial charge is 0.479 e. The number of carboxylic acid groups (broad SMARTS) is 1. The number of ether oxygens (including phenoxy) is 4. The minimum absolute atomic E-state index is 0.0518. The second-order valence-electron chi connectivity index (χ2n) is 20.8. The Kier molecular flexibility index (Phi) is 11.3. The maximum absolute atomic E-state index is 12.2. The van der Waals surface area contributed by atoms with Gasteiger partial charge in [-0.2, -0.15) is 0 Å². The van der Waals surface area contributed by atoms with Crippen LogP contribution in [0.4, 0.5) is 0 Å². The zero-order valence-electron chi connectivity index (χ0n) is 34.4. The van der Waals surface area contributed by atoms with Crippen LogP contribution in [-0.2, 0) is 23.7 Å². The first-order valence-corrected chi connectivity index (χ1v) is 21.0. The normalized spacial score (nSPS) is 56.0. The second kappa shape index (κ2) is 14.7. The van der Waals surface area contributed by atoms with Crippen LogP contribution in [0.2, 0.25) is 0 Å². The number of carbonyl (C=O) groups is 1. The van der Waals surface area contributed by atoms with Gasteiger partial charge in [-0.25, -0.2) is 4.79 Å². The molecular formula is C42H68O15. The van der Waals surface area contributed by atoms with Gasteiger partial charge < -0.3 is 70.0 Å². The minimum Gasteiger partial charge on any atom is -0.479 e. The topological polar surface area (TPSA) is 256 Å². The molecule has 5 aliphatic carbocycles. The summed E-state index contributed by atoms with van der Waals surface area (Å²) in [5.41, 5.74) is -0.847. The summed E-state index contributed by atoms with van der Waals surface area (Å²) in [6, 6.07) is 0. The van der Waals surface area contributed by atoms with Crippen molar-refractivity contribution < 1.29 is 74.8 Å². The highest BCUT2D eigenvalue weighted by Gasteiger charge is 2.70. The van der Waals surface area contributed by atoms with Gasteiger partial charge in [0.1, 0.15) is 42.7 Å². The summed E-state index contributed by atoms with van der Waals surface area (Å²) in [4.78, 5) is 12.2. The van der Waals surface area contributed by atoms with Gasteiger partial charge in [-0.1, -0.05) is 60.1 Å². The molecule has 6 fully saturated rings. The fourth-order valence-electron chi connectivity index (χ4n) is 13.7. The lowest BCUT2D eigenvalue weighted by atomic mass is 9.33. The van der Waals surface area contributed by atoms with E-state index in [0.717, 1.165) is 38.5 Å². The second-order valence-corrected chi connectivity index (χ2v) is 20.8. The Morgan fingerprint density at radius 3 is 2.05 bits per heavy atom. The Bertz CT molecular complexity index is 1560. The van der Waals surface area contributed by atoms with E-state index < -0.39 is 109 Å². The van der Waals surface area contributed by atoms with E-state index in [1.165, 1.54) is 5.57 Å². The smallest absolute Gasteiger partial charge is 0.335 e. The van der Waals surface area contributed by atoms with E-state index in [-0.39, 0.29) is 40.6 Å². The number of carboxylic acids is 1. The zero-order chi connectivity index (χ0) is 42.0. The van der Waals surface area contributed by atoms with E-state index in [0.29, 0.717) is 12.8 Å². The Hall–Kier alpha value is -1.31. The van der Waals surface area contributed by atoms with Gasteiger partial charge in [-0.3, -0.25) is 0 Å². The first kappa shape index (κ1) is 43.8. The highest BCUT2D eigenvalue weighted by Crippen LogP contribution is 2.76. The number of rotatable bonds is 7. The molecule has 0 aromatic carbocycles.